The topological polar surface area (TPSA) is 41.6 Å². The van der Waals surface area contributed by atoms with E-state index in [0.29, 0.717) is 12.3 Å². The van der Waals surface area contributed by atoms with Crippen molar-refractivity contribution >= 4 is 23.7 Å². The number of imidazole rings is 1. The fraction of sp³-hybridized carbons (Fsp3) is 0.385. The molecule has 1 heterocycles. The summed E-state index contributed by atoms with van der Waals surface area (Å²) in [6.45, 7) is 3.01. The Morgan fingerprint density at radius 3 is 2.94 bits per heavy atom. The lowest BCUT2D eigenvalue weighted by Gasteiger charge is -2.12. The van der Waals surface area contributed by atoms with Gasteiger partial charge in [0.15, 0.2) is 0 Å². The third-order valence-electron chi connectivity index (χ3n) is 2.78. The van der Waals surface area contributed by atoms with Crippen LogP contribution in [0.25, 0.3) is 11.0 Å². The zero-order chi connectivity index (χ0) is 12.3. The molecular weight excluding hydrogens is 230 g/mol. The zero-order valence-corrected chi connectivity index (χ0v) is 10.7. The van der Waals surface area contributed by atoms with Crippen molar-refractivity contribution in [3.63, 3.8) is 0 Å². The number of fused-ring (bicyclic) bond motifs is 1. The Morgan fingerprint density at radius 2 is 2.24 bits per heavy atom. The predicted molar refractivity (Wildman–Crippen MR) is 72.1 cm³/mol. The van der Waals surface area contributed by atoms with Crippen LogP contribution in [0.4, 0.5) is 0 Å². The van der Waals surface area contributed by atoms with E-state index in [1.165, 1.54) is 0 Å². The smallest absolute Gasteiger partial charge is 0.124 e. The van der Waals surface area contributed by atoms with Crippen LogP contribution >= 0.6 is 12.6 Å². The maximum absolute atomic E-state index is 8.84. The van der Waals surface area contributed by atoms with E-state index in [9.17, 15) is 0 Å². The van der Waals surface area contributed by atoms with E-state index in [2.05, 4.69) is 41.2 Å². The number of aromatic nitrogens is 2. The third kappa shape index (κ3) is 2.45. The molecule has 1 aromatic heterocycles. The Balaban J connectivity index is 2.48. The second kappa shape index (κ2) is 5.24. The Labute approximate surface area is 106 Å². The molecule has 0 aliphatic heterocycles. The van der Waals surface area contributed by atoms with Crippen molar-refractivity contribution in [2.24, 2.45) is 5.92 Å². The molecule has 0 saturated heterocycles. The largest absolute Gasteiger partial charge is 0.327 e. The van der Waals surface area contributed by atoms with E-state index < -0.39 is 0 Å². The highest BCUT2D eigenvalue weighted by atomic mass is 32.1. The number of nitriles is 1. The average molecular weight is 245 g/mol. The number of benzene rings is 1. The van der Waals surface area contributed by atoms with Crippen molar-refractivity contribution in [3.8, 4) is 6.07 Å². The standard InChI is InChI=1S/C13H15N3S/c1-10(9-17)8-16-12-5-3-2-4-11(12)15-13(16)6-7-14/h2-5,10,17H,6,8-9H2,1H3. The molecule has 0 N–H and O–H groups in total. The highest BCUT2D eigenvalue weighted by Crippen LogP contribution is 2.18. The predicted octanol–water partition coefficient (Wildman–Crippen LogP) is 2.67. The highest BCUT2D eigenvalue weighted by molar-refractivity contribution is 7.80. The summed E-state index contributed by atoms with van der Waals surface area (Å²) in [7, 11) is 0. The number of para-hydroxylation sites is 2. The van der Waals surface area contributed by atoms with E-state index in [1.54, 1.807) is 0 Å². The lowest BCUT2D eigenvalue weighted by molar-refractivity contribution is 0.529. The molecule has 0 amide bonds. The van der Waals surface area contributed by atoms with Crippen LogP contribution in [0, 0.1) is 17.2 Å². The van der Waals surface area contributed by atoms with Gasteiger partial charge in [-0.25, -0.2) is 4.98 Å². The molecule has 2 rings (SSSR count). The number of rotatable bonds is 4. The van der Waals surface area contributed by atoms with Crippen LogP contribution in [-0.2, 0) is 13.0 Å². The maximum atomic E-state index is 8.84. The normalized spacial score (nSPS) is 12.5. The molecular formula is C13H15N3S. The molecule has 88 valence electrons. The minimum absolute atomic E-state index is 0.355. The Hall–Kier alpha value is -1.47. The van der Waals surface area contributed by atoms with Crippen molar-refractivity contribution in [1.82, 2.24) is 9.55 Å². The number of thiol groups is 1. The molecule has 1 unspecified atom stereocenters. The summed E-state index contributed by atoms with van der Waals surface area (Å²) in [6, 6.07) is 10.2. The molecule has 0 fully saturated rings. The first-order valence-corrected chi connectivity index (χ1v) is 6.31. The summed E-state index contributed by atoms with van der Waals surface area (Å²) in [4.78, 5) is 4.51. The zero-order valence-electron chi connectivity index (χ0n) is 9.80. The second-order valence-corrected chi connectivity index (χ2v) is 4.62. The average Bonchev–Trinajstić information content (AvgIpc) is 2.68. The van der Waals surface area contributed by atoms with Gasteiger partial charge >= 0.3 is 0 Å². The van der Waals surface area contributed by atoms with Crippen LogP contribution in [-0.4, -0.2) is 15.3 Å². The monoisotopic (exact) mass is 245 g/mol. The van der Waals surface area contributed by atoms with Gasteiger partial charge in [0.2, 0.25) is 0 Å². The summed E-state index contributed by atoms with van der Waals surface area (Å²) >= 11 is 4.31. The molecule has 1 atom stereocenters. The van der Waals surface area contributed by atoms with E-state index in [4.69, 9.17) is 5.26 Å². The number of hydrogen-bond acceptors (Lipinski definition) is 3. The van der Waals surface area contributed by atoms with Gasteiger partial charge in [-0.15, -0.1) is 0 Å². The van der Waals surface area contributed by atoms with Crippen molar-refractivity contribution in [1.29, 1.82) is 5.26 Å². The van der Waals surface area contributed by atoms with Crippen LogP contribution in [0.5, 0.6) is 0 Å². The van der Waals surface area contributed by atoms with Crippen LogP contribution in [0.3, 0.4) is 0 Å². The van der Waals surface area contributed by atoms with Crippen LogP contribution in [0.2, 0.25) is 0 Å². The van der Waals surface area contributed by atoms with E-state index in [1.807, 2.05) is 18.2 Å². The molecule has 2 aromatic rings. The van der Waals surface area contributed by atoms with Gasteiger partial charge in [-0.3, -0.25) is 0 Å². The minimum Gasteiger partial charge on any atom is -0.327 e. The molecule has 17 heavy (non-hydrogen) atoms. The second-order valence-electron chi connectivity index (χ2n) is 4.25. The first-order chi connectivity index (χ1) is 8.26. The highest BCUT2D eigenvalue weighted by Gasteiger charge is 2.11. The number of hydrogen-bond donors (Lipinski definition) is 1. The minimum atomic E-state index is 0.355. The van der Waals surface area contributed by atoms with Crippen LogP contribution in [0.15, 0.2) is 24.3 Å². The lowest BCUT2D eigenvalue weighted by atomic mass is 10.2. The summed E-state index contributed by atoms with van der Waals surface area (Å²) in [5.41, 5.74) is 2.07. The summed E-state index contributed by atoms with van der Waals surface area (Å²) in [5.74, 6) is 2.15. The van der Waals surface area contributed by atoms with Gasteiger partial charge < -0.3 is 4.57 Å². The molecule has 0 radical (unpaired) electrons. The molecule has 3 nitrogen and oxygen atoms in total. The van der Waals surface area contributed by atoms with Gasteiger partial charge in [0.25, 0.3) is 0 Å². The van der Waals surface area contributed by atoms with Crippen LogP contribution in [0.1, 0.15) is 12.7 Å². The summed E-state index contributed by atoms with van der Waals surface area (Å²) < 4.78 is 2.14. The van der Waals surface area contributed by atoms with E-state index >= 15 is 0 Å². The fourth-order valence-electron chi connectivity index (χ4n) is 1.90. The lowest BCUT2D eigenvalue weighted by Crippen LogP contribution is -2.11. The number of nitrogens with zero attached hydrogens (tertiary/aromatic N) is 3. The third-order valence-corrected chi connectivity index (χ3v) is 3.40. The Morgan fingerprint density at radius 1 is 1.47 bits per heavy atom. The van der Waals surface area contributed by atoms with Crippen molar-refractivity contribution in [3.05, 3.63) is 30.1 Å². The molecule has 0 aliphatic carbocycles. The molecule has 0 saturated carbocycles. The molecule has 1 aromatic carbocycles. The van der Waals surface area contributed by atoms with Gasteiger partial charge in [0.1, 0.15) is 5.82 Å². The van der Waals surface area contributed by atoms with Crippen molar-refractivity contribution in [2.75, 3.05) is 5.75 Å². The summed E-state index contributed by atoms with van der Waals surface area (Å²) in [5, 5.41) is 8.84. The molecule has 4 heteroatoms. The molecule has 0 spiro atoms. The van der Waals surface area contributed by atoms with Gasteiger partial charge in [0, 0.05) is 6.54 Å². The van der Waals surface area contributed by atoms with Crippen molar-refractivity contribution < 1.29 is 0 Å². The van der Waals surface area contributed by atoms with E-state index in [-0.39, 0.29) is 0 Å². The SMILES string of the molecule is CC(CS)Cn1c(CC#N)nc2ccccc21. The Bertz CT molecular complexity index is 553. The van der Waals surface area contributed by atoms with Crippen molar-refractivity contribution in [2.45, 2.75) is 19.9 Å². The quantitative estimate of drug-likeness (QED) is 0.841. The van der Waals surface area contributed by atoms with Gasteiger partial charge in [-0.05, 0) is 23.8 Å². The fourth-order valence-corrected chi connectivity index (χ4v) is 2.02. The van der Waals surface area contributed by atoms with E-state index in [0.717, 1.165) is 29.2 Å². The summed E-state index contributed by atoms with van der Waals surface area (Å²) in [6.07, 6.45) is 0.355. The molecule has 0 aliphatic rings. The van der Waals surface area contributed by atoms with Gasteiger partial charge in [-0.1, -0.05) is 19.1 Å². The Kier molecular flexibility index (Phi) is 3.70. The first-order valence-electron chi connectivity index (χ1n) is 5.68. The first kappa shape index (κ1) is 12.0. The van der Waals surface area contributed by atoms with Gasteiger partial charge in [-0.2, -0.15) is 17.9 Å². The van der Waals surface area contributed by atoms with Crippen LogP contribution < -0.4 is 0 Å². The van der Waals surface area contributed by atoms with Gasteiger partial charge in [0.05, 0.1) is 23.5 Å². The maximum Gasteiger partial charge on any atom is 0.124 e. The molecule has 0 bridgehead atoms.